The molecule has 0 bridgehead atoms. The lowest BCUT2D eigenvalue weighted by Crippen LogP contribution is -2.43. The van der Waals surface area contributed by atoms with E-state index in [9.17, 15) is 9.59 Å². The van der Waals surface area contributed by atoms with Gasteiger partial charge in [-0.15, -0.1) is 0 Å². The number of ether oxygens (including phenoxy) is 1. The second-order valence-corrected chi connectivity index (χ2v) is 13.5. The first kappa shape index (κ1) is 30.1. The highest BCUT2D eigenvalue weighted by Gasteiger charge is 2.44. The average molecular weight is 628 g/mol. The molecule has 7 heteroatoms. The average Bonchev–Trinajstić information content (AvgIpc) is 3.10. The summed E-state index contributed by atoms with van der Waals surface area (Å²) in [4.78, 5) is 36.4. The maximum absolute atomic E-state index is 15.0. The number of carbonyl (C=O) groups excluding carboxylic acids is 1. The topological polar surface area (TPSA) is 64.4 Å². The van der Waals surface area contributed by atoms with Crippen molar-refractivity contribution in [2.75, 3.05) is 12.0 Å². The summed E-state index contributed by atoms with van der Waals surface area (Å²) < 4.78 is 7.16. The number of methoxy groups -OCH3 is 1. The number of benzene rings is 4. The molecule has 0 saturated heterocycles. The Balaban J connectivity index is 1.39. The van der Waals surface area contributed by atoms with Gasteiger partial charge in [-0.3, -0.25) is 19.1 Å². The molecule has 1 atom stereocenters. The van der Waals surface area contributed by atoms with Gasteiger partial charge in [-0.05, 0) is 80.3 Å². The van der Waals surface area contributed by atoms with Crippen LogP contribution in [0.4, 0.5) is 11.4 Å². The van der Waals surface area contributed by atoms with Crippen LogP contribution in [0.15, 0.2) is 119 Å². The summed E-state index contributed by atoms with van der Waals surface area (Å²) in [6.45, 7) is 1.90. The van der Waals surface area contributed by atoms with Gasteiger partial charge in [-0.1, -0.05) is 91.7 Å². The summed E-state index contributed by atoms with van der Waals surface area (Å²) in [6.07, 6.45) is 6.17. The van der Waals surface area contributed by atoms with E-state index in [1.54, 1.807) is 16.6 Å². The smallest absolute Gasteiger partial charge is 0.263 e. The van der Waals surface area contributed by atoms with Crippen LogP contribution in [0.3, 0.4) is 0 Å². The van der Waals surface area contributed by atoms with Crippen LogP contribution in [0.25, 0.3) is 16.9 Å². The van der Waals surface area contributed by atoms with Crippen LogP contribution in [-0.4, -0.2) is 27.8 Å². The fourth-order valence-corrected chi connectivity index (χ4v) is 8.13. The molecule has 6 nitrogen and oxygen atoms in total. The van der Waals surface area contributed by atoms with Crippen molar-refractivity contribution in [2.45, 2.75) is 61.3 Å². The van der Waals surface area contributed by atoms with Gasteiger partial charge in [0.25, 0.3) is 5.56 Å². The number of hydrogen-bond donors (Lipinski definition) is 0. The van der Waals surface area contributed by atoms with Gasteiger partial charge in [-0.25, -0.2) is 4.98 Å². The quantitative estimate of drug-likeness (QED) is 0.134. The van der Waals surface area contributed by atoms with Crippen molar-refractivity contribution < 1.29 is 9.53 Å². The molecule has 1 saturated carbocycles. The van der Waals surface area contributed by atoms with Crippen molar-refractivity contribution in [3.05, 3.63) is 131 Å². The van der Waals surface area contributed by atoms with E-state index in [-0.39, 0.29) is 16.9 Å². The van der Waals surface area contributed by atoms with Crippen LogP contribution in [0.2, 0.25) is 0 Å². The van der Waals surface area contributed by atoms with Crippen LogP contribution in [0.1, 0.15) is 50.2 Å². The molecule has 0 N–H and O–H groups in total. The van der Waals surface area contributed by atoms with Crippen molar-refractivity contribution >= 4 is 29.0 Å². The Kier molecular flexibility index (Phi) is 8.26. The second kappa shape index (κ2) is 12.6. The molecule has 0 aliphatic heterocycles. The molecule has 4 aromatic carbocycles. The minimum Gasteiger partial charge on any atom is -0.497 e. The van der Waals surface area contributed by atoms with E-state index >= 15 is 0 Å². The molecule has 7 rings (SSSR count). The Morgan fingerprint density at radius 3 is 2.09 bits per heavy atom. The SMILES string of the molecule is COc1ccc(-n2c(S[C@H](C)C(=O)N(c3ccccc3)c3ccccc3)nc3c(c2=O)C2(CCCCC2)Cc2ccccc2-3)cc1. The van der Waals surface area contributed by atoms with E-state index in [4.69, 9.17) is 9.72 Å². The molecule has 1 heterocycles. The number of hydrogen-bond acceptors (Lipinski definition) is 5. The Morgan fingerprint density at radius 2 is 1.46 bits per heavy atom. The van der Waals surface area contributed by atoms with Crippen LogP contribution in [0.5, 0.6) is 5.75 Å². The summed E-state index contributed by atoms with van der Waals surface area (Å²) in [5.41, 5.74) is 5.82. The molecule has 1 aromatic heterocycles. The summed E-state index contributed by atoms with van der Waals surface area (Å²) >= 11 is 1.33. The number of nitrogens with zero attached hydrogens (tertiary/aromatic N) is 3. The molecule has 2 aliphatic carbocycles. The fraction of sp³-hybridized carbons (Fsp3) is 0.256. The van der Waals surface area contributed by atoms with Crippen molar-refractivity contribution in [3.63, 3.8) is 0 Å². The van der Waals surface area contributed by atoms with Gasteiger partial charge < -0.3 is 4.74 Å². The van der Waals surface area contributed by atoms with Gasteiger partial charge in [0.05, 0.1) is 29.3 Å². The van der Waals surface area contributed by atoms with Crippen LogP contribution in [-0.2, 0) is 16.6 Å². The second-order valence-electron chi connectivity index (χ2n) is 12.2. The lowest BCUT2D eigenvalue weighted by molar-refractivity contribution is -0.117. The van der Waals surface area contributed by atoms with Gasteiger partial charge in [0.2, 0.25) is 5.91 Å². The van der Waals surface area contributed by atoms with E-state index in [1.807, 2.05) is 97.9 Å². The Hall–Kier alpha value is -4.62. The van der Waals surface area contributed by atoms with E-state index < -0.39 is 5.25 Å². The third-order valence-electron chi connectivity index (χ3n) is 9.40. The predicted octanol–water partition coefficient (Wildman–Crippen LogP) is 8.51. The molecule has 1 fully saturated rings. The molecule has 0 unspecified atom stereocenters. The third kappa shape index (κ3) is 5.43. The standard InChI is InChI=1S/C39H37N3O3S/c1-27(36(43)41(29-15-6-3-7-16-29)30-17-8-4-9-18-30)46-38-40-35-33-19-11-10-14-28(33)26-39(24-12-5-13-25-39)34(35)37(44)42(38)31-20-22-32(45-2)23-21-31/h3-4,6-11,14-23,27H,5,12-13,24-26H2,1-2H3/t27-/m1/s1. The first-order valence-electron chi connectivity index (χ1n) is 16.0. The number of carbonyl (C=O) groups is 1. The zero-order chi connectivity index (χ0) is 31.7. The van der Waals surface area contributed by atoms with Crippen molar-refractivity contribution in [1.29, 1.82) is 0 Å². The summed E-state index contributed by atoms with van der Waals surface area (Å²) in [5, 5.41) is -0.0594. The van der Waals surface area contributed by atoms with Gasteiger partial charge >= 0.3 is 0 Å². The van der Waals surface area contributed by atoms with Crippen molar-refractivity contribution in [1.82, 2.24) is 9.55 Å². The maximum Gasteiger partial charge on any atom is 0.263 e. The van der Waals surface area contributed by atoms with Gasteiger partial charge in [0, 0.05) is 22.4 Å². The predicted molar refractivity (Wildman–Crippen MR) is 186 cm³/mol. The van der Waals surface area contributed by atoms with Crippen LogP contribution in [0, 0.1) is 0 Å². The number of anilines is 2. The fourth-order valence-electron chi connectivity index (χ4n) is 7.17. The Bertz CT molecular complexity index is 1880. The molecule has 1 amide bonds. The molecule has 232 valence electrons. The monoisotopic (exact) mass is 627 g/mol. The van der Waals surface area contributed by atoms with E-state index in [1.165, 1.54) is 23.7 Å². The minimum absolute atomic E-state index is 0.0447. The first-order chi connectivity index (χ1) is 22.5. The summed E-state index contributed by atoms with van der Waals surface area (Å²) in [7, 11) is 1.63. The molecular weight excluding hydrogens is 591 g/mol. The van der Waals surface area contributed by atoms with Crippen molar-refractivity contribution in [2.24, 2.45) is 0 Å². The zero-order valence-electron chi connectivity index (χ0n) is 26.2. The number of aromatic nitrogens is 2. The summed E-state index contributed by atoms with van der Waals surface area (Å²) in [5.74, 6) is 0.610. The van der Waals surface area contributed by atoms with Crippen molar-refractivity contribution in [3.8, 4) is 22.7 Å². The highest BCUT2D eigenvalue weighted by atomic mass is 32.2. The largest absolute Gasteiger partial charge is 0.497 e. The number of thioether (sulfide) groups is 1. The van der Waals surface area contributed by atoms with Crippen LogP contribution < -0.4 is 15.2 Å². The van der Waals surface area contributed by atoms with E-state index in [0.29, 0.717) is 16.6 Å². The Labute approximate surface area is 274 Å². The molecule has 5 aromatic rings. The summed E-state index contributed by atoms with van der Waals surface area (Å²) in [6, 6.07) is 35.3. The molecule has 1 spiro atoms. The maximum atomic E-state index is 15.0. The lowest BCUT2D eigenvalue weighted by Gasteiger charge is -2.42. The first-order valence-corrected chi connectivity index (χ1v) is 16.9. The minimum atomic E-state index is -0.558. The molecule has 0 radical (unpaired) electrons. The highest BCUT2D eigenvalue weighted by molar-refractivity contribution is 8.00. The molecule has 2 aliphatic rings. The number of amides is 1. The van der Waals surface area contributed by atoms with Gasteiger partial charge in [-0.2, -0.15) is 0 Å². The zero-order valence-corrected chi connectivity index (χ0v) is 27.0. The normalized spacial score (nSPS) is 15.4. The number of para-hydroxylation sites is 2. The highest BCUT2D eigenvalue weighted by Crippen LogP contribution is 2.49. The molecular formula is C39H37N3O3S. The van der Waals surface area contributed by atoms with Gasteiger partial charge in [0.1, 0.15) is 5.75 Å². The molecule has 46 heavy (non-hydrogen) atoms. The number of fused-ring (bicyclic) bond motifs is 4. The van der Waals surface area contributed by atoms with E-state index in [0.717, 1.165) is 60.3 Å². The third-order valence-corrected chi connectivity index (χ3v) is 10.4. The number of rotatable bonds is 7. The van der Waals surface area contributed by atoms with Crippen LogP contribution >= 0.6 is 11.8 Å². The van der Waals surface area contributed by atoms with Gasteiger partial charge in [0.15, 0.2) is 5.16 Å². The van der Waals surface area contributed by atoms with E-state index in [2.05, 4.69) is 18.2 Å². The lowest BCUT2D eigenvalue weighted by atomic mass is 9.62. The Morgan fingerprint density at radius 1 is 0.848 bits per heavy atom.